The summed E-state index contributed by atoms with van der Waals surface area (Å²) in [5.74, 6) is -2.91. The first-order valence-corrected chi connectivity index (χ1v) is 3.93. The molecular formula is C10H9F2N. The van der Waals surface area contributed by atoms with E-state index in [0.717, 1.165) is 0 Å². The molecule has 0 radical (unpaired) electrons. The van der Waals surface area contributed by atoms with Gasteiger partial charge in [-0.25, -0.2) is 8.78 Å². The Hall–Kier alpha value is -1.43. The number of rotatable bonds is 3. The highest BCUT2D eigenvalue weighted by Gasteiger charge is 2.28. The third-order valence-corrected chi connectivity index (χ3v) is 1.64. The predicted molar refractivity (Wildman–Crippen MR) is 45.3 cm³/mol. The quantitative estimate of drug-likeness (QED) is 0.703. The van der Waals surface area contributed by atoms with Gasteiger partial charge < -0.3 is 0 Å². The summed E-state index contributed by atoms with van der Waals surface area (Å²) in [7, 11) is 0. The first-order valence-electron chi connectivity index (χ1n) is 3.93. The molecule has 1 nitrogen and oxygen atoms in total. The second-order valence-corrected chi connectivity index (χ2v) is 2.85. The van der Waals surface area contributed by atoms with Crippen LogP contribution in [0.15, 0.2) is 30.3 Å². The van der Waals surface area contributed by atoms with Crippen molar-refractivity contribution in [3.63, 3.8) is 0 Å². The lowest BCUT2D eigenvalue weighted by Gasteiger charge is -2.11. The Bertz CT molecular complexity index is 300. The van der Waals surface area contributed by atoms with Crippen LogP contribution in [-0.4, -0.2) is 5.92 Å². The minimum atomic E-state index is -2.91. The summed E-state index contributed by atoms with van der Waals surface area (Å²) in [6.45, 7) is 0. The molecule has 0 aromatic heterocycles. The second kappa shape index (κ2) is 3.99. The molecule has 0 aliphatic rings. The lowest BCUT2D eigenvalue weighted by atomic mass is 10.1. The van der Waals surface area contributed by atoms with Gasteiger partial charge in [0.15, 0.2) is 0 Å². The van der Waals surface area contributed by atoms with E-state index in [9.17, 15) is 8.78 Å². The fourth-order valence-electron chi connectivity index (χ4n) is 1.07. The minimum Gasteiger partial charge on any atom is -0.205 e. The number of nitriles is 1. The van der Waals surface area contributed by atoms with Crippen molar-refractivity contribution in [2.45, 2.75) is 18.8 Å². The Kier molecular flexibility index (Phi) is 2.97. The zero-order valence-corrected chi connectivity index (χ0v) is 7.00. The van der Waals surface area contributed by atoms with E-state index in [4.69, 9.17) is 5.26 Å². The van der Waals surface area contributed by atoms with Crippen LogP contribution < -0.4 is 0 Å². The van der Waals surface area contributed by atoms with Gasteiger partial charge in [0.2, 0.25) is 0 Å². The summed E-state index contributed by atoms with van der Waals surface area (Å²) in [5.41, 5.74) is 0.558. The molecule has 0 heterocycles. The molecule has 68 valence electrons. The lowest BCUT2D eigenvalue weighted by Crippen LogP contribution is -2.18. The van der Waals surface area contributed by atoms with E-state index in [-0.39, 0.29) is 6.42 Å². The van der Waals surface area contributed by atoms with Gasteiger partial charge in [-0.15, -0.1) is 0 Å². The summed E-state index contributed by atoms with van der Waals surface area (Å²) in [6, 6.07) is 9.92. The molecule has 0 N–H and O–H groups in total. The number of benzene rings is 1. The van der Waals surface area contributed by atoms with Crippen molar-refractivity contribution >= 4 is 0 Å². The Labute approximate surface area is 75.6 Å². The van der Waals surface area contributed by atoms with Crippen LogP contribution in [-0.2, 0) is 6.42 Å². The normalized spacial score (nSPS) is 10.8. The first kappa shape index (κ1) is 9.66. The van der Waals surface area contributed by atoms with E-state index in [0.29, 0.717) is 5.56 Å². The lowest BCUT2D eigenvalue weighted by molar-refractivity contribution is 0.00673. The molecule has 13 heavy (non-hydrogen) atoms. The summed E-state index contributed by atoms with van der Waals surface area (Å²) in [4.78, 5) is 0. The second-order valence-electron chi connectivity index (χ2n) is 2.85. The zero-order valence-electron chi connectivity index (χ0n) is 7.00. The summed E-state index contributed by atoms with van der Waals surface area (Å²) in [5, 5.41) is 8.15. The van der Waals surface area contributed by atoms with Crippen molar-refractivity contribution in [3.05, 3.63) is 35.9 Å². The molecule has 0 amide bonds. The topological polar surface area (TPSA) is 23.8 Å². The Balaban J connectivity index is 2.65. The van der Waals surface area contributed by atoms with Crippen LogP contribution in [0.1, 0.15) is 12.0 Å². The summed E-state index contributed by atoms with van der Waals surface area (Å²) >= 11 is 0. The van der Waals surface area contributed by atoms with Crippen molar-refractivity contribution < 1.29 is 8.78 Å². The molecule has 3 heteroatoms. The number of hydrogen-bond donors (Lipinski definition) is 0. The highest BCUT2D eigenvalue weighted by atomic mass is 19.3. The van der Waals surface area contributed by atoms with Gasteiger partial charge >= 0.3 is 0 Å². The maximum Gasteiger partial charge on any atom is 0.264 e. The van der Waals surface area contributed by atoms with Gasteiger partial charge in [0.05, 0.1) is 12.5 Å². The SMILES string of the molecule is N#CCC(F)(F)Cc1ccccc1. The molecule has 0 bridgehead atoms. The van der Waals surface area contributed by atoms with Crippen molar-refractivity contribution in [2.24, 2.45) is 0 Å². The molecule has 0 saturated carbocycles. The predicted octanol–water partition coefficient (Wildman–Crippen LogP) is 2.78. The van der Waals surface area contributed by atoms with Crippen molar-refractivity contribution in [1.82, 2.24) is 0 Å². The van der Waals surface area contributed by atoms with E-state index in [2.05, 4.69) is 0 Å². The smallest absolute Gasteiger partial charge is 0.205 e. The molecule has 0 unspecified atom stereocenters. The number of nitrogens with zero attached hydrogens (tertiary/aromatic N) is 1. The Morgan fingerprint density at radius 3 is 2.38 bits per heavy atom. The standard InChI is InChI=1S/C10H9F2N/c11-10(12,6-7-13)8-9-4-2-1-3-5-9/h1-5H,6,8H2. The van der Waals surface area contributed by atoms with Gasteiger partial charge in [-0.3, -0.25) is 0 Å². The van der Waals surface area contributed by atoms with E-state index >= 15 is 0 Å². The summed E-state index contributed by atoms with van der Waals surface area (Å²) < 4.78 is 25.8. The van der Waals surface area contributed by atoms with Gasteiger partial charge in [0, 0.05) is 6.42 Å². The molecule has 0 saturated heterocycles. The van der Waals surface area contributed by atoms with Gasteiger partial charge in [0.25, 0.3) is 5.92 Å². The molecule has 1 aromatic rings. The van der Waals surface area contributed by atoms with Crippen LogP contribution in [0.2, 0.25) is 0 Å². The van der Waals surface area contributed by atoms with Crippen LogP contribution in [0.5, 0.6) is 0 Å². The maximum absolute atomic E-state index is 12.9. The van der Waals surface area contributed by atoms with Gasteiger partial charge in [0.1, 0.15) is 0 Å². The molecule has 1 rings (SSSR count). The van der Waals surface area contributed by atoms with E-state index in [1.807, 2.05) is 0 Å². The zero-order chi connectivity index (χ0) is 9.73. The molecule has 0 atom stereocenters. The average Bonchev–Trinajstić information content (AvgIpc) is 2.04. The molecule has 0 spiro atoms. The molecular weight excluding hydrogens is 172 g/mol. The third kappa shape index (κ3) is 3.20. The Morgan fingerprint density at radius 1 is 1.23 bits per heavy atom. The monoisotopic (exact) mass is 181 g/mol. The fourth-order valence-corrected chi connectivity index (χ4v) is 1.07. The van der Waals surface area contributed by atoms with Gasteiger partial charge in [-0.2, -0.15) is 5.26 Å². The first-order chi connectivity index (χ1) is 6.14. The van der Waals surface area contributed by atoms with Crippen molar-refractivity contribution in [1.29, 1.82) is 5.26 Å². The van der Waals surface area contributed by atoms with Crippen LogP contribution in [0.25, 0.3) is 0 Å². The molecule has 0 aliphatic carbocycles. The number of hydrogen-bond acceptors (Lipinski definition) is 1. The highest BCUT2D eigenvalue weighted by molar-refractivity contribution is 5.16. The number of alkyl halides is 2. The van der Waals surface area contributed by atoms with E-state index < -0.39 is 12.3 Å². The van der Waals surface area contributed by atoms with Crippen molar-refractivity contribution in [3.8, 4) is 6.07 Å². The third-order valence-electron chi connectivity index (χ3n) is 1.64. The van der Waals surface area contributed by atoms with Gasteiger partial charge in [-0.1, -0.05) is 30.3 Å². The maximum atomic E-state index is 12.9. The van der Waals surface area contributed by atoms with E-state index in [1.54, 1.807) is 30.3 Å². The van der Waals surface area contributed by atoms with Crippen LogP contribution in [0.3, 0.4) is 0 Å². The molecule has 0 fully saturated rings. The van der Waals surface area contributed by atoms with E-state index in [1.165, 1.54) is 6.07 Å². The number of halogens is 2. The minimum absolute atomic E-state index is 0.360. The molecule has 0 aliphatic heterocycles. The van der Waals surface area contributed by atoms with Crippen molar-refractivity contribution in [2.75, 3.05) is 0 Å². The Morgan fingerprint density at radius 2 is 1.85 bits per heavy atom. The van der Waals surface area contributed by atoms with Crippen LogP contribution in [0.4, 0.5) is 8.78 Å². The molecule has 1 aromatic carbocycles. The largest absolute Gasteiger partial charge is 0.264 e. The van der Waals surface area contributed by atoms with Crippen LogP contribution in [0, 0.1) is 11.3 Å². The summed E-state index contributed by atoms with van der Waals surface area (Å²) in [6.07, 6.45) is -1.08. The van der Waals surface area contributed by atoms with Crippen LogP contribution >= 0.6 is 0 Å². The fraction of sp³-hybridized carbons (Fsp3) is 0.300. The average molecular weight is 181 g/mol. The highest BCUT2D eigenvalue weighted by Crippen LogP contribution is 2.22. The van der Waals surface area contributed by atoms with Gasteiger partial charge in [-0.05, 0) is 5.56 Å².